The molecule has 11 aliphatic rings. The van der Waals surface area contributed by atoms with Crippen molar-refractivity contribution in [2.45, 2.75) is 82.3 Å². The summed E-state index contributed by atoms with van der Waals surface area (Å²) in [6.07, 6.45) is 59.6. The molecule has 1 spiro atoms. The maximum Gasteiger partial charge on any atom is 0.130 e. The van der Waals surface area contributed by atoms with E-state index < -0.39 is 0 Å². The molecule has 0 amide bonds. The Morgan fingerprint density at radius 1 is 0.727 bits per heavy atom. The highest BCUT2D eigenvalue weighted by Crippen LogP contribution is 2.74. The van der Waals surface area contributed by atoms with Gasteiger partial charge in [-0.1, -0.05) is 127 Å². The summed E-state index contributed by atoms with van der Waals surface area (Å²) in [5, 5.41) is 0. The lowest BCUT2D eigenvalue weighted by Gasteiger charge is -2.52. The van der Waals surface area contributed by atoms with Crippen molar-refractivity contribution in [3.63, 3.8) is 0 Å². The summed E-state index contributed by atoms with van der Waals surface area (Å²) in [5.74, 6) is 7.07. The zero-order chi connectivity index (χ0) is 36.1. The van der Waals surface area contributed by atoms with Gasteiger partial charge in [0.2, 0.25) is 0 Å². The van der Waals surface area contributed by atoms with E-state index in [-0.39, 0.29) is 17.4 Å². The van der Waals surface area contributed by atoms with Crippen LogP contribution in [0.3, 0.4) is 0 Å². The van der Waals surface area contributed by atoms with Crippen LogP contribution in [0.4, 0.5) is 0 Å². The fraction of sp³-hybridized carbons (Fsp3) is 0.434. The van der Waals surface area contributed by atoms with Crippen molar-refractivity contribution in [2.24, 2.45) is 58.7 Å². The molecule has 0 N–H and O–H groups in total. The highest BCUT2D eigenvalue weighted by atomic mass is 16.5. The lowest BCUT2D eigenvalue weighted by Crippen LogP contribution is -2.48. The van der Waals surface area contributed by atoms with E-state index in [0.29, 0.717) is 47.5 Å². The number of hydrogen-bond acceptors (Lipinski definition) is 2. The topological polar surface area (TPSA) is 12.5 Å². The quantitative estimate of drug-likeness (QED) is 0.287. The van der Waals surface area contributed by atoms with Gasteiger partial charge in [0.25, 0.3) is 0 Å². The number of ether oxygens (including phenoxy) is 1. The molecule has 13 atom stereocenters. The Morgan fingerprint density at radius 2 is 1.65 bits per heavy atom. The Kier molecular flexibility index (Phi) is 7.70. The Labute approximate surface area is 328 Å². The summed E-state index contributed by atoms with van der Waals surface area (Å²) in [6, 6.07) is 9.37. The molecule has 0 radical (unpaired) electrons. The standard InChI is InChI=1S/C53H55NO/c1-2-13-34(14-3-1)37-26-29-42-40-17-6-9-20-45(40)53(47(42)32-37)46-21-10-7-18-41(46)43-30-28-39(33-48(43)53)54(38-27-25-35-15-4-5-16-36(35)31-38)49-22-12-24-51-52(49)44-19-8-11-23-50(44)55-51/h1-3,5-13,16-19,21-24,26-27,29,34-37,39,41,43,45-46,48,51-52H,4,14-15,20,25,28,30-33H2. The van der Waals surface area contributed by atoms with E-state index in [1.807, 2.05) is 5.57 Å². The molecule has 0 bridgehead atoms. The van der Waals surface area contributed by atoms with Gasteiger partial charge in [0.15, 0.2) is 0 Å². The van der Waals surface area contributed by atoms with Crippen molar-refractivity contribution in [2.75, 3.05) is 0 Å². The number of benzene rings is 1. The maximum absolute atomic E-state index is 6.71. The molecule has 1 heterocycles. The third kappa shape index (κ3) is 4.85. The summed E-state index contributed by atoms with van der Waals surface area (Å²) in [7, 11) is 0. The molecule has 2 nitrogen and oxygen atoms in total. The fourth-order valence-electron chi connectivity index (χ4n) is 14.5. The minimum atomic E-state index is 0.0672. The molecule has 2 heteroatoms. The first-order valence-electron chi connectivity index (χ1n) is 22.0. The number of nitrogens with zero attached hydrogens (tertiary/aromatic N) is 1. The van der Waals surface area contributed by atoms with Crippen LogP contribution < -0.4 is 4.74 Å². The number of fused-ring (bicyclic) bond motifs is 13. The summed E-state index contributed by atoms with van der Waals surface area (Å²) in [4.78, 5) is 2.97. The average molecular weight is 722 g/mol. The third-order valence-corrected chi connectivity index (χ3v) is 16.6. The van der Waals surface area contributed by atoms with Crippen LogP contribution in [0.2, 0.25) is 0 Å². The molecular weight excluding hydrogens is 667 g/mol. The molecule has 12 rings (SSSR count). The van der Waals surface area contributed by atoms with Gasteiger partial charge in [-0.25, -0.2) is 0 Å². The minimum Gasteiger partial charge on any atom is -0.485 e. The monoisotopic (exact) mass is 721 g/mol. The first-order chi connectivity index (χ1) is 27.3. The van der Waals surface area contributed by atoms with Gasteiger partial charge in [0.05, 0.1) is 5.92 Å². The second-order valence-electron chi connectivity index (χ2n) is 18.7. The second kappa shape index (κ2) is 12.9. The molecule has 0 saturated heterocycles. The predicted octanol–water partition coefficient (Wildman–Crippen LogP) is 12.2. The molecule has 1 aromatic rings. The molecule has 55 heavy (non-hydrogen) atoms. The van der Waals surface area contributed by atoms with Crippen LogP contribution in [0, 0.1) is 58.7 Å². The molecule has 2 fully saturated rings. The Balaban J connectivity index is 0.981. The molecular formula is C53H55NO. The molecule has 1 aromatic carbocycles. The van der Waals surface area contributed by atoms with Gasteiger partial charge in [-0.3, -0.25) is 0 Å². The van der Waals surface area contributed by atoms with Crippen LogP contribution >= 0.6 is 0 Å². The van der Waals surface area contributed by atoms with E-state index >= 15 is 0 Å². The van der Waals surface area contributed by atoms with Gasteiger partial charge >= 0.3 is 0 Å². The Hall–Kier alpha value is -4.30. The molecule has 2 saturated carbocycles. The second-order valence-corrected chi connectivity index (χ2v) is 18.7. The van der Waals surface area contributed by atoms with E-state index in [1.54, 1.807) is 16.8 Å². The lowest BCUT2D eigenvalue weighted by molar-refractivity contribution is 0.0584. The SMILES string of the molecule is C1=CCC(C2C=CC3=C(C2)C2(C4CC=CC=C34)C3C=CC=CC3C3CCC(N(C4=CCC5CCC=CC5C4)C4=CC=CC5Oc6ccccc6C45)CC32)C=C1. The smallest absolute Gasteiger partial charge is 0.130 e. The number of allylic oxidation sites excluding steroid dienone is 22. The van der Waals surface area contributed by atoms with Crippen molar-refractivity contribution in [1.29, 1.82) is 0 Å². The van der Waals surface area contributed by atoms with Crippen molar-refractivity contribution in [3.8, 4) is 5.75 Å². The molecule has 1 aliphatic heterocycles. The van der Waals surface area contributed by atoms with Gasteiger partial charge < -0.3 is 9.64 Å². The normalized spacial score (nSPS) is 42.1. The first-order valence-corrected chi connectivity index (χ1v) is 22.0. The van der Waals surface area contributed by atoms with Crippen LogP contribution in [0.15, 0.2) is 168 Å². The lowest BCUT2D eigenvalue weighted by atomic mass is 9.55. The highest BCUT2D eigenvalue weighted by Gasteiger charge is 2.67. The van der Waals surface area contributed by atoms with E-state index in [2.05, 4.69) is 145 Å². The van der Waals surface area contributed by atoms with Gasteiger partial charge in [-0.15, -0.1) is 0 Å². The van der Waals surface area contributed by atoms with Crippen LogP contribution in [0.5, 0.6) is 5.75 Å². The Morgan fingerprint density at radius 3 is 2.62 bits per heavy atom. The zero-order valence-corrected chi connectivity index (χ0v) is 32.1. The number of hydrogen-bond donors (Lipinski definition) is 0. The molecule has 278 valence electrons. The first kappa shape index (κ1) is 32.9. The van der Waals surface area contributed by atoms with Crippen molar-refractivity contribution >= 4 is 0 Å². The van der Waals surface area contributed by atoms with Crippen LogP contribution in [0.25, 0.3) is 0 Å². The largest absolute Gasteiger partial charge is 0.485 e. The number of para-hydroxylation sites is 1. The average Bonchev–Trinajstić information content (AvgIpc) is 3.88. The van der Waals surface area contributed by atoms with Crippen LogP contribution in [0.1, 0.15) is 75.7 Å². The summed E-state index contributed by atoms with van der Waals surface area (Å²) < 4.78 is 6.71. The Bertz CT molecular complexity index is 2160. The zero-order valence-electron chi connectivity index (χ0n) is 32.1. The van der Waals surface area contributed by atoms with E-state index in [0.717, 1.165) is 24.0 Å². The van der Waals surface area contributed by atoms with Gasteiger partial charge in [0, 0.05) is 28.4 Å². The highest BCUT2D eigenvalue weighted by molar-refractivity contribution is 5.61. The molecule has 13 unspecified atom stereocenters. The fourth-order valence-corrected chi connectivity index (χ4v) is 14.5. The van der Waals surface area contributed by atoms with Gasteiger partial charge in [-0.05, 0) is 147 Å². The minimum absolute atomic E-state index is 0.0672. The van der Waals surface area contributed by atoms with E-state index in [4.69, 9.17) is 4.74 Å². The van der Waals surface area contributed by atoms with E-state index in [9.17, 15) is 0 Å². The van der Waals surface area contributed by atoms with Gasteiger partial charge in [0.1, 0.15) is 11.9 Å². The maximum atomic E-state index is 6.71. The molecule has 10 aliphatic carbocycles. The summed E-state index contributed by atoms with van der Waals surface area (Å²) in [6.45, 7) is 0. The predicted molar refractivity (Wildman–Crippen MR) is 224 cm³/mol. The molecule has 0 aromatic heterocycles. The van der Waals surface area contributed by atoms with Crippen molar-refractivity contribution in [3.05, 3.63) is 173 Å². The summed E-state index contributed by atoms with van der Waals surface area (Å²) >= 11 is 0. The van der Waals surface area contributed by atoms with Crippen molar-refractivity contribution < 1.29 is 4.74 Å². The van der Waals surface area contributed by atoms with Crippen LogP contribution in [-0.2, 0) is 0 Å². The third-order valence-electron chi connectivity index (χ3n) is 16.6. The van der Waals surface area contributed by atoms with Crippen molar-refractivity contribution in [1.82, 2.24) is 4.90 Å². The summed E-state index contributed by atoms with van der Waals surface area (Å²) in [5.41, 5.74) is 9.72. The van der Waals surface area contributed by atoms with Gasteiger partial charge in [-0.2, -0.15) is 0 Å². The number of rotatable bonds is 4. The van der Waals surface area contributed by atoms with Crippen LogP contribution in [-0.4, -0.2) is 17.0 Å². The van der Waals surface area contributed by atoms with E-state index in [1.165, 1.54) is 69.0 Å².